The molecule has 3 aromatic rings. The van der Waals surface area contributed by atoms with Gasteiger partial charge in [-0.1, -0.05) is 48.0 Å². The molecule has 2 heterocycles. The SMILES string of the molecule is O=C(c1ccc(CN2C(=O)CN(C(=O)c3ccc(Cl)cc3)Cc3cc(CCP(=O)(O)O)ccc32)cc1)N1CC=CC1. The number of anilines is 1. The van der Waals surface area contributed by atoms with Crippen LogP contribution in [0.1, 0.15) is 37.4 Å². The molecule has 0 aliphatic carbocycles. The van der Waals surface area contributed by atoms with Gasteiger partial charge in [0.1, 0.15) is 6.54 Å². The molecule has 41 heavy (non-hydrogen) atoms. The fourth-order valence-electron chi connectivity index (χ4n) is 4.96. The van der Waals surface area contributed by atoms with Crippen LogP contribution < -0.4 is 4.90 Å². The largest absolute Gasteiger partial charge is 0.331 e. The minimum atomic E-state index is -4.20. The predicted molar refractivity (Wildman–Crippen MR) is 156 cm³/mol. The van der Waals surface area contributed by atoms with Gasteiger partial charge in [0, 0.05) is 41.5 Å². The van der Waals surface area contributed by atoms with E-state index in [-0.39, 0.29) is 49.9 Å². The molecule has 0 bridgehead atoms. The number of carbonyl (C=O) groups is 3. The number of nitrogens with zero attached hydrogens (tertiary/aromatic N) is 3. The van der Waals surface area contributed by atoms with Crippen molar-refractivity contribution in [3.05, 3.63) is 112 Å². The van der Waals surface area contributed by atoms with Crippen LogP contribution in [0, 0.1) is 0 Å². The molecule has 3 aromatic carbocycles. The Morgan fingerprint density at radius 3 is 2.02 bits per heavy atom. The fraction of sp³-hybridized carbons (Fsp3) is 0.233. The summed E-state index contributed by atoms with van der Waals surface area (Å²) < 4.78 is 11.5. The van der Waals surface area contributed by atoms with Crippen LogP contribution in [-0.4, -0.2) is 63.1 Å². The molecule has 0 spiro atoms. The van der Waals surface area contributed by atoms with Gasteiger partial charge in [-0.2, -0.15) is 0 Å². The quantitative estimate of drug-likeness (QED) is 0.312. The van der Waals surface area contributed by atoms with Crippen LogP contribution in [0.25, 0.3) is 0 Å². The maximum atomic E-state index is 13.6. The molecule has 0 aromatic heterocycles. The number of hydrogen-bond acceptors (Lipinski definition) is 4. The number of halogens is 1. The topological polar surface area (TPSA) is 118 Å². The van der Waals surface area contributed by atoms with Gasteiger partial charge in [-0.25, -0.2) is 0 Å². The van der Waals surface area contributed by atoms with Gasteiger partial charge in [0.2, 0.25) is 5.91 Å². The maximum absolute atomic E-state index is 13.6. The molecule has 0 saturated carbocycles. The maximum Gasteiger partial charge on any atom is 0.325 e. The molecular weight excluding hydrogens is 565 g/mol. The Bertz CT molecular complexity index is 1540. The zero-order chi connectivity index (χ0) is 29.1. The van der Waals surface area contributed by atoms with Crippen LogP contribution in [0.4, 0.5) is 5.69 Å². The summed E-state index contributed by atoms with van der Waals surface area (Å²) in [5.41, 5.74) is 3.76. The molecule has 0 atom stereocenters. The lowest BCUT2D eigenvalue weighted by atomic mass is 10.0. The van der Waals surface area contributed by atoms with Gasteiger partial charge in [0.05, 0.1) is 12.7 Å². The third kappa shape index (κ3) is 6.94. The van der Waals surface area contributed by atoms with Crippen molar-refractivity contribution >= 4 is 42.6 Å². The first kappa shape index (κ1) is 28.8. The minimum absolute atomic E-state index is 0.0584. The Labute approximate surface area is 242 Å². The van der Waals surface area contributed by atoms with E-state index in [1.165, 1.54) is 4.90 Å². The number of aryl methyl sites for hydroxylation is 1. The smallest absolute Gasteiger partial charge is 0.325 e. The Hall–Kier alpha value is -3.75. The number of fused-ring (bicyclic) bond motifs is 1. The summed E-state index contributed by atoms with van der Waals surface area (Å²) >= 11 is 5.99. The van der Waals surface area contributed by atoms with E-state index in [4.69, 9.17) is 11.6 Å². The number of carbonyl (C=O) groups excluding carboxylic acids is 3. The van der Waals surface area contributed by atoms with E-state index in [1.54, 1.807) is 64.4 Å². The van der Waals surface area contributed by atoms with Crippen molar-refractivity contribution in [1.82, 2.24) is 9.80 Å². The first-order chi connectivity index (χ1) is 19.6. The second-order valence-electron chi connectivity index (χ2n) is 10.1. The second kappa shape index (κ2) is 12.0. The van der Waals surface area contributed by atoms with Crippen molar-refractivity contribution in [2.75, 3.05) is 30.7 Å². The number of hydrogen-bond donors (Lipinski definition) is 2. The van der Waals surface area contributed by atoms with Gasteiger partial charge in [-0.15, -0.1) is 0 Å². The molecule has 0 unspecified atom stereocenters. The monoisotopic (exact) mass is 593 g/mol. The van der Waals surface area contributed by atoms with Gasteiger partial charge in [-0.05, 0) is 65.6 Å². The molecule has 2 N–H and O–H groups in total. The average molecular weight is 594 g/mol. The molecule has 0 radical (unpaired) electrons. The molecule has 11 heteroatoms. The van der Waals surface area contributed by atoms with E-state index < -0.39 is 7.60 Å². The molecular formula is C30H29ClN3O6P. The van der Waals surface area contributed by atoms with Crippen molar-refractivity contribution in [1.29, 1.82) is 0 Å². The molecule has 3 amide bonds. The van der Waals surface area contributed by atoms with Crippen molar-refractivity contribution in [3.63, 3.8) is 0 Å². The molecule has 5 rings (SSSR count). The minimum Gasteiger partial charge on any atom is -0.331 e. The summed E-state index contributed by atoms with van der Waals surface area (Å²) in [6.07, 6.45) is 3.75. The number of rotatable bonds is 7. The van der Waals surface area contributed by atoms with E-state index in [2.05, 4.69) is 0 Å². The van der Waals surface area contributed by atoms with Crippen molar-refractivity contribution in [2.24, 2.45) is 0 Å². The molecule has 0 fully saturated rings. The van der Waals surface area contributed by atoms with E-state index in [0.29, 0.717) is 46.1 Å². The van der Waals surface area contributed by atoms with Gasteiger partial charge in [0.25, 0.3) is 11.8 Å². The normalized spacial score (nSPS) is 15.2. The van der Waals surface area contributed by atoms with Crippen LogP contribution in [0.3, 0.4) is 0 Å². The summed E-state index contributed by atoms with van der Waals surface area (Å²) in [5, 5.41) is 0.490. The third-order valence-corrected chi connectivity index (χ3v) is 8.20. The van der Waals surface area contributed by atoms with Crippen LogP contribution in [0.15, 0.2) is 78.9 Å². The highest BCUT2D eigenvalue weighted by Crippen LogP contribution is 2.36. The van der Waals surface area contributed by atoms with E-state index in [1.807, 2.05) is 24.3 Å². The number of benzene rings is 3. The van der Waals surface area contributed by atoms with E-state index >= 15 is 0 Å². The van der Waals surface area contributed by atoms with Gasteiger partial charge < -0.3 is 24.5 Å². The van der Waals surface area contributed by atoms with Crippen molar-refractivity contribution in [3.8, 4) is 0 Å². The van der Waals surface area contributed by atoms with Crippen molar-refractivity contribution in [2.45, 2.75) is 19.5 Å². The second-order valence-corrected chi connectivity index (χ2v) is 12.3. The first-order valence-electron chi connectivity index (χ1n) is 13.1. The lowest BCUT2D eigenvalue weighted by Gasteiger charge is -2.24. The zero-order valence-corrected chi connectivity index (χ0v) is 23.8. The first-order valence-corrected chi connectivity index (χ1v) is 15.3. The number of amides is 3. The summed E-state index contributed by atoms with van der Waals surface area (Å²) in [5.74, 6) is -0.669. The van der Waals surface area contributed by atoms with Gasteiger partial charge >= 0.3 is 7.60 Å². The highest BCUT2D eigenvalue weighted by Gasteiger charge is 2.30. The lowest BCUT2D eigenvalue weighted by molar-refractivity contribution is -0.119. The lowest BCUT2D eigenvalue weighted by Crippen LogP contribution is -2.39. The van der Waals surface area contributed by atoms with E-state index in [0.717, 1.165) is 5.56 Å². The molecule has 9 nitrogen and oxygen atoms in total. The van der Waals surface area contributed by atoms with Gasteiger partial charge in [0.15, 0.2) is 0 Å². The van der Waals surface area contributed by atoms with Crippen LogP contribution in [0.5, 0.6) is 0 Å². The zero-order valence-electron chi connectivity index (χ0n) is 22.1. The highest BCUT2D eigenvalue weighted by molar-refractivity contribution is 7.51. The van der Waals surface area contributed by atoms with E-state index in [9.17, 15) is 28.7 Å². The Kier molecular flexibility index (Phi) is 8.42. The summed E-state index contributed by atoms with van der Waals surface area (Å²) in [6.45, 7) is 1.37. The molecule has 2 aliphatic heterocycles. The van der Waals surface area contributed by atoms with Gasteiger partial charge in [-0.3, -0.25) is 18.9 Å². The highest BCUT2D eigenvalue weighted by atomic mass is 35.5. The molecule has 0 saturated heterocycles. The van der Waals surface area contributed by atoms with Crippen LogP contribution in [0.2, 0.25) is 5.02 Å². The molecule has 2 aliphatic rings. The predicted octanol–water partition coefficient (Wildman–Crippen LogP) is 4.26. The summed E-state index contributed by atoms with van der Waals surface area (Å²) in [6, 6.07) is 18.9. The fourth-order valence-corrected chi connectivity index (χ4v) is 5.63. The Morgan fingerprint density at radius 2 is 1.39 bits per heavy atom. The van der Waals surface area contributed by atoms with Crippen molar-refractivity contribution < 1.29 is 28.7 Å². The van der Waals surface area contributed by atoms with Crippen LogP contribution in [-0.2, 0) is 28.9 Å². The summed E-state index contributed by atoms with van der Waals surface area (Å²) in [4.78, 5) is 63.2. The Morgan fingerprint density at radius 1 is 0.805 bits per heavy atom. The van der Waals surface area contributed by atoms with Crippen LogP contribution >= 0.6 is 19.2 Å². The molecule has 212 valence electrons. The third-order valence-electron chi connectivity index (χ3n) is 7.14. The standard InChI is InChI=1S/C30H29ClN3O6P/c31-26-10-8-24(9-11-26)30(37)33-19-25-17-21(13-16-41(38,39)40)5-12-27(25)34(28(35)20-33)18-22-3-6-23(7-4-22)29(36)32-14-1-2-15-32/h1-12,17H,13-16,18-20H2,(H2,38,39,40). The average Bonchev–Trinajstić information content (AvgIpc) is 3.45. The summed E-state index contributed by atoms with van der Waals surface area (Å²) in [7, 11) is -4.20. The Balaban J connectivity index is 1.43.